The van der Waals surface area contributed by atoms with Crippen molar-refractivity contribution in [2.45, 2.75) is 13.8 Å². The maximum absolute atomic E-state index is 12.9. The number of carbonyl (C=O) groups is 1. The Morgan fingerprint density at radius 1 is 1.15 bits per heavy atom. The Bertz CT molecular complexity index is 897. The van der Waals surface area contributed by atoms with E-state index in [4.69, 9.17) is 9.26 Å². The SMILES string of the molecule is CCOc1ccc(NC=C(C(=O)c2ccccc2)c2cc(C)no2)cc1. The minimum Gasteiger partial charge on any atom is -0.494 e. The molecular formula is C21H20N2O3. The molecule has 0 amide bonds. The van der Waals surface area contributed by atoms with Gasteiger partial charge in [0.25, 0.3) is 0 Å². The second kappa shape index (κ2) is 8.16. The largest absolute Gasteiger partial charge is 0.494 e. The molecule has 0 bridgehead atoms. The molecule has 3 aromatic rings. The number of anilines is 1. The van der Waals surface area contributed by atoms with Crippen molar-refractivity contribution in [3.8, 4) is 5.75 Å². The Hall–Kier alpha value is -3.34. The maximum atomic E-state index is 12.9. The zero-order valence-electron chi connectivity index (χ0n) is 14.7. The molecule has 0 aliphatic carbocycles. The monoisotopic (exact) mass is 348 g/mol. The summed E-state index contributed by atoms with van der Waals surface area (Å²) in [5, 5.41) is 7.03. The van der Waals surface area contributed by atoms with Crippen LogP contribution >= 0.6 is 0 Å². The van der Waals surface area contributed by atoms with E-state index in [0.29, 0.717) is 29.2 Å². The van der Waals surface area contributed by atoms with E-state index >= 15 is 0 Å². The van der Waals surface area contributed by atoms with Crippen LogP contribution in [0.2, 0.25) is 0 Å². The number of Topliss-reactive ketones (excluding diaryl/α,β-unsaturated/α-hetero) is 1. The number of hydrogen-bond donors (Lipinski definition) is 1. The second-order valence-electron chi connectivity index (χ2n) is 5.69. The molecular weight excluding hydrogens is 328 g/mol. The van der Waals surface area contributed by atoms with Crippen LogP contribution in [0.5, 0.6) is 5.75 Å². The molecule has 0 spiro atoms. The van der Waals surface area contributed by atoms with Gasteiger partial charge in [-0.15, -0.1) is 0 Å². The lowest BCUT2D eigenvalue weighted by Gasteiger charge is -2.07. The number of ketones is 1. The Labute approximate surface area is 152 Å². The zero-order chi connectivity index (χ0) is 18.4. The molecule has 0 saturated carbocycles. The molecule has 5 nitrogen and oxygen atoms in total. The van der Waals surface area contributed by atoms with Crippen LogP contribution in [0.25, 0.3) is 5.57 Å². The fourth-order valence-electron chi connectivity index (χ4n) is 2.45. The second-order valence-corrected chi connectivity index (χ2v) is 5.69. The summed E-state index contributed by atoms with van der Waals surface area (Å²) in [5.41, 5.74) is 2.54. The summed E-state index contributed by atoms with van der Waals surface area (Å²) in [6.45, 7) is 4.38. The van der Waals surface area contributed by atoms with Gasteiger partial charge in [-0.3, -0.25) is 4.79 Å². The van der Waals surface area contributed by atoms with Crippen LogP contribution in [0.15, 0.2) is 71.4 Å². The predicted octanol–water partition coefficient (Wildman–Crippen LogP) is 4.72. The number of nitrogens with one attached hydrogen (secondary N) is 1. The lowest BCUT2D eigenvalue weighted by molar-refractivity contribution is 0.105. The van der Waals surface area contributed by atoms with Gasteiger partial charge in [0.15, 0.2) is 11.5 Å². The molecule has 1 N–H and O–H groups in total. The van der Waals surface area contributed by atoms with Crippen molar-refractivity contribution in [3.63, 3.8) is 0 Å². The van der Waals surface area contributed by atoms with Crippen LogP contribution in [0.4, 0.5) is 5.69 Å². The summed E-state index contributed by atoms with van der Waals surface area (Å²) in [7, 11) is 0. The fraction of sp³-hybridized carbons (Fsp3) is 0.143. The first-order valence-electron chi connectivity index (χ1n) is 8.40. The molecule has 0 radical (unpaired) electrons. The van der Waals surface area contributed by atoms with Crippen molar-refractivity contribution < 1.29 is 14.1 Å². The van der Waals surface area contributed by atoms with Crippen LogP contribution in [-0.4, -0.2) is 17.5 Å². The van der Waals surface area contributed by atoms with Gasteiger partial charge < -0.3 is 14.6 Å². The molecule has 0 fully saturated rings. The quantitative estimate of drug-likeness (QED) is 0.494. The van der Waals surface area contributed by atoms with Gasteiger partial charge in [0.05, 0.1) is 17.9 Å². The third kappa shape index (κ3) is 4.19. The molecule has 1 heterocycles. The van der Waals surface area contributed by atoms with E-state index in [1.165, 1.54) is 0 Å². The van der Waals surface area contributed by atoms with Gasteiger partial charge in [0.1, 0.15) is 5.75 Å². The lowest BCUT2D eigenvalue weighted by Crippen LogP contribution is -2.04. The highest BCUT2D eigenvalue weighted by atomic mass is 16.5. The average Bonchev–Trinajstić information content (AvgIpc) is 3.10. The number of nitrogens with zero attached hydrogens (tertiary/aromatic N) is 1. The number of hydrogen-bond acceptors (Lipinski definition) is 5. The number of allylic oxidation sites excluding steroid dienone is 1. The Morgan fingerprint density at radius 3 is 2.50 bits per heavy atom. The summed E-state index contributed by atoms with van der Waals surface area (Å²) >= 11 is 0. The van der Waals surface area contributed by atoms with Gasteiger partial charge in [-0.05, 0) is 38.1 Å². The number of aromatic nitrogens is 1. The van der Waals surface area contributed by atoms with Crippen molar-refractivity contribution in [2.24, 2.45) is 0 Å². The summed E-state index contributed by atoms with van der Waals surface area (Å²) in [6, 6.07) is 18.3. The van der Waals surface area contributed by atoms with Gasteiger partial charge in [-0.25, -0.2) is 0 Å². The van der Waals surface area contributed by atoms with Crippen LogP contribution in [0.3, 0.4) is 0 Å². The first-order valence-corrected chi connectivity index (χ1v) is 8.40. The van der Waals surface area contributed by atoms with Crippen molar-refractivity contribution in [3.05, 3.63) is 83.9 Å². The van der Waals surface area contributed by atoms with Crippen LogP contribution in [-0.2, 0) is 0 Å². The minimum absolute atomic E-state index is 0.139. The van der Waals surface area contributed by atoms with Crippen molar-refractivity contribution >= 4 is 17.0 Å². The minimum atomic E-state index is -0.139. The summed E-state index contributed by atoms with van der Waals surface area (Å²) in [5.74, 6) is 1.09. The molecule has 0 saturated heterocycles. The summed E-state index contributed by atoms with van der Waals surface area (Å²) in [4.78, 5) is 12.9. The summed E-state index contributed by atoms with van der Waals surface area (Å²) in [6.07, 6.45) is 1.64. The lowest BCUT2D eigenvalue weighted by atomic mass is 10.0. The molecule has 0 unspecified atom stereocenters. The number of rotatable bonds is 7. The molecule has 26 heavy (non-hydrogen) atoms. The molecule has 0 atom stereocenters. The first kappa shape index (κ1) is 17.5. The molecule has 2 aromatic carbocycles. The molecule has 3 rings (SSSR count). The number of ether oxygens (including phenoxy) is 1. The Morgan fingerprint density at radius 2 is 1.88 bits per heavy atom. The highest BCUT2D eigenvalue weighted by Crippen LogP contribution is 2.22. The third-order valence-corrected chi connectivity index (χ3v) is 3.72. The molecule has 5 heteroatoms. The fourth-order valence-corrected chi connectivity index (χ4v) is 2.45. The van der Waals surface area contributed by atoms with Crippen LogP contribution < -0.4 is 10.1 Å². The van der Waals surface area contributed by atoms with E-state index in [1.807, 2.05) is 56.3 Å². The first-order chi connectivity index (χ1) is 12.7. The smallest absolute Gasteiger partial charge is 0.198 e. The Balaban J connectivity index is 1.87. The van der Waals surface area contributed by atoms with Crippen molar-refractivity contribution in [1.82, 2.24) is 5.16 Å². The molecule has 132 valence electrons. The van der Waals surface area contributed by atoms with Gasteiger partial charge in [0, 0.05) is 23.5 Å². The van der Waals surface area contributed by atoms with Gasteiger partial charge in [-0.2, -0.15) is 0 Å². The number of aryl methyl sites for hydroxylation is 1. The standard InChI is InChI=1S/C21H20N2O3/c1-3-25-18-11-9-17(10-12-18)22-14-19(20-13-15(2)23-26-20)21(24)16-7-5-4-6-8-16/h4-14,22H,3H2,1-2H3. The van der Waals surface area contributed by atoms with Gasteiger partial charge >= 0.3 is 0 Å². The van der Waals surface area contributed by atoms with Gasteiger partial charge in [0.2, 0.25) is 0 Å². The van der Waals surface area contributed by atoms with Crippen LogP contribution in [0, 0.1) is 6.92 Å². The highest BCUT2D eigenvalue weighted by Gasteiger charge is 2.18. The zero-order valence-corrected chi connectivity index (χ0v) is 14.7. The molecule has 0 aliphatic rings. The van der Waals surface area contributed by atoms with Crippen LogP contribution in [0.1, 0.15) is 28.7 Å². The summed E-state index contributed by atoms with van der Waals surface area (Å²) < 4.78 is 10.7. The highest BCUT2D eigenvalue weighted by molar-refractivity contribution is 6.28. The van der Waals surface area contributed by atoms with E-state index in [9.17, 15) is 4.79 Å². The van der Waals surface area contributed by atoms with E-state index in [0.717, 1.165) is 11.4 Å². The number of carbonyl (C=O) groups excluding carboxylic acids is 1. The van der Waals surface area contributed by atoms with E-state index in [1.54, 1.807) is 24.4 Å². The molecule has 0 aliphatic heterocycles. The van der Waals surface area contributed by atoms with E-state index < -0.39 is 0 Å². The predicted molar refractivity (Wildman–Crippen MR) is 101 cm³/mol. The van der Waals surface area contributed by atoms with Crippen molar-refractivity contribution in [2.75, 3.05) is 11.9 Å². The molecule has 1 aromatic heterocycles. The van der Waals surface area contributed by atoms with E-state index in [-0.39, 0.29) is 5.78 Å². The van der Waals surface area contributed by atoms with E-state index in [2.05, 4.69) is 10.5 Å². The maximum Gasteiger partial charge on any atom is 0.198 e. The third-order valence-electron chi connectivity index (χ3n) is 3.72. The normalized spacial score (nSPS) is 11.2. The topological polar surface area (TPSA) is 64.4 Å². The Kier molecular flexibility index (Phi) is 5.49. The average molecular weight is 348 g/mol. The van der Waals surface area contributed by atoms with Crippen molar-refractivity contribution in [1.29, 1.82) is 0 Å². The van der Waals surface area contributed by atoms with Gasteiger partial charge in [-0.1, -0.05) is 35.5 Å². The number of benzene rings is 2.